The van der Waals surface area contributed by atoms with Crippen LogP contribution in [0.3, 0.4) is 0 Å². The highest BCUT2D eigenvalue weighted by molar-refractivity contribution is 5.66. The van der Waals surface area contributed by atoms with Gasteiger partial charge in [-0.15, -0.1) is 10.2 Å². The zero-order chi connectivity index (χ0) is 21.8. The fourth-order valence-corrected chi connectivity index (χ4v) is 4.26. The van der Waals surface area contributed by atoms with E-state index >= 15 is 0 Å². The van der Waals surface area contributed by atoms with E-state index in [1.165, 1.54) is 23.1 Å². The standard InChI is InChI=1S/C21H21F2N7O/c1-21-6-5-15(26-21)19(23)16(8-21)29(2)18-10-24-20(28-27-18)14-4-3-13(7-17(14)31)30-11-12(22)9-25-30/h3-7,9-11,15-16,19,26,31H,8H2,1-2H3/t15-,16+,19-,21+/m1/s1. The average molecular weight is 425 g/mol. The summed E-state index contributed by atoms with van der Waals surface area (Å²) >= 11 is 0. The molecule has 31 heavy (non-hydrogen) atoms. The lowest BCUT2D eigenvalue weighted by Gasteiger charge is -2.43. The maximum Gasteiger partial charge on any atom is 0.185 e. The van der Waals surface area contributed by atoms with Crippen LogP contribution >= 0.6 is 0 Å². The lowest BCUT2D eigenvalue weighted by molar-refractivity contribution is 0.155. The minimum absolute atomic E-state index is 0.0888. The predicted molar refractivity (Wildman–Crippen MR) is 110 cm³/mol. The number of piperidine rings is 1. The topological polar surface area (TPSA) is 92.0 Å². The van der Waals surface area contributed by atoms with Crippen LogP contribution in [0.15, 0.2) is 48.9 Å². The van der Waals surface area contributed by atoms with Crippen LogP contribution in [0.25, 0.3) is 17.1 Å². The van der Waals surface area contributed by atoms with Crippen molar-refractivity contribution in [2.75, 3.05) is 11.9 Å². The van der Waals surface area contributed by atoms with Crippen LogP contribution < -0.4 is 10.2 Å². The summed E-state index contributed by atoms with van der Waals surface area (Å²) in [7, 11) is 1.78. The first-order chi connectivity index (χ1) is 14.8. The van der Waals surface area contributed by atoms with E-state index in [-0.39, 0.29) is 29.2 Å². The van der Waals surface area contributed by atoms with Crippen molar-refractivity contribution >= 4 is 5.82 Å². The molecule has 4 heterocycles. The van der Waals surface area contributed by atoms with Crippen molar-refractivity contribution in [3.8, 4) is 22.8 Å². The number of rotatable bonds is 4. The molecule has 1 aromatic carbocycles. The predicted octanol–water partition coefficient (Wildman–Crippen LogP) is 2.40. The molecule has 2 N–H and O–H groups in total. The van der Waals surface area contributed by atoms with E-state index in [1.807, 2.05) is 19.1 Å². The van der Waals surface area contributed by atoms with E-state index in [4.69, 9.17) is 0 Å². The van der Waals surface area contributed by atoms with Crippen LogP contribution in [-0.2, 0) is 0 Å². The highest BCUT2D eigenvalue weighted by Gasteiger charge is 2.46. The summed E-state index contributed by atoms with van der Waals surface area (Å²) in [6.07, 6.45) is 7.23. The lowest BCUT2D eigenvalue weighted by Crippen LogP contribution is -2.60. The van der Waals surface area contributed by atoms with Gasteiger partial charge < -0.3 is 10.0 Å². The highest BCUT2D eigenvalue weighted by Crippen LogP contribution is 2.35. The van der Waals surface area contributed by atoms with Crippen LogP contribution in [0.5, 0.6) is 5.75 Å². The Morgan fingerprint density at radius 2 is 2.13 bits per heavy atom. The van der Waals surface area contributed by atoms with Gasteiger partial charge in [0.1, 0.15) is 11.9 Å². The summed E-state index contributed by atoms with van der Waals surface area (Å²) in [4.78, 5) is 6.08. The molecule has 0 aliphatic carbocycles. The molecule has 8 nitrogen and oxygen atoms in total. The second-order valence-corrected chi connectivity index (χ2v) is 8.22. The van der Waals surface area contributed by atoms with Gasteiger partial charge in [0.15, 0.2) is 17.5 Å². The molecule has 5 rings (SSSR count). The molecule has 0 amide bonds. The first kappa shape index (κ1) is 19.6. The number of hydrogen-bond acceptors (Lipinski definition) is 7. The largest absolute Gasteiger partial charge is 0.507 e. The number of nitrogens with one attached hydrogen (secondary N) is 1. The van der Waals surface area contributed by atoms with Crippen LogP contribution in [0, 0.1) is 5.82 Å². The third-order valence-electron chi connectivity index (χ3n) is 5.96. The molecule has 3 aromatic rings. The van der Waals surface area contributed by atoms with Crippen LogP contribution in [0.2, 0.25) is 0 Å². The van der Waals surface area contributed by atoms with Gasteiger partial charge in [0, 0.05) is 18.7 Å². The molecular weight excluding hydrogens is 404 g/mol. The highest BCUT2D eigenvalue weighted by atomic mass is 19.1. The number of alkyl halides is 1. The number of fused-ring (bicyclic) bond motifs is 2. The molecule has 2 aliphatic rings. The SMILES string of the molecule is CN(c1cnc(-c2ccc(-n3cc(F)cn3)cc2O)nn1)[C@H]1C[C@]2(C)C=C[C@@H](N2)[C@H]1F. The van der Waals surface area contributed by atoms with Gasteiger partial charge in [0.05, 0.1) is 41.9 Å². The third-order valence-corrected chi connectivity index (χ3v) is 5.96. The zero-order valence-corrected chi connectivity index (χ0v) is 16.9. The summed E-state index contributed by atoms with van der Waals surface area (Å²) in [6, 6.07) is 4.04. The second-order valence-electron chi connectivity index (χ2n) is 8.22. The van der Waals surface area contributed by atoms with E-state index in [2.05, 4.69) is 25.6 Å². The van der Waals surface area contributed by atoms with Crippen LogP contribution in [-0.4, -0.2) is 60.9 Å². The number of aromatic nitrogens is 5. The molecule has 2 aliphatic heterocycles. The Bertz CT molecular complexity index is 1150. The van der Waals surface area contributed by atoms with Crippen molar-refractivity contribution in [2.45, 2.75) is 37.1 Å². The Labute approximate surface area is 177 Å². The van der Waals surface area contributed by atoms with Crippen molar-refractivity contribution in [1.29, 1.82) is 0 Å². The van der Waals surface area contributed by atoms with Crippen molar-refractivity contribution in [3.63, 3.8) is 0 Å². The molecule has 0 radical (unpaired) electrons. The molecule has 1 saturated heterocycles. The molecule has 1 fully saturated rings. The van der Waals surface area contributed by atoms with Gasteiger partial charge in [0.2, 0.25) is 0 Å². The maximum absolute atomic E-state index is 14.9. The monoisotopic (exact) mass is 425 g/mol. The summed E-state index contributed by atoms with van der Waals surface area (Å²) in [6.45, 7) is 2.05. The third kappa shape index (κ3) is 3.42. The smallest absolute Gasteiger partial charge is 0.185 e. The number of phenols is 1. The molecule has 0 spiro atoms. The van der Waals surface area contributed by atoms with Crippen LogP contribution in [0.1, 0.15) is 13.3 Å². The van der Waals surface area contributed by atoms with E-state index in [9.17, 15) is 13.9 Å². The second kappa shape index (κ2) is 7.09. The first-order valence-corrected chi connectivity index (χ1v) is 9.91. The Morgan fingerprint density at radius 1 is 1.29 bits per heavy atom. The number of nitrogens with zero attached hydrogens (tertiary/aromatic N) is 6. The number of hydrogen-bond donors (Lipinski definition) is 2. The number of anilines is 1. The van der Waals surface area contributed by atoms with Gasteiger partial charge in [-0.05, 0) is 25.5 Å². The van der Waals surface area contributed by atoms with Gasteiger partial charge in [-0.2, -0.15) is 5.10 Å². The van der Waals surface area contributed by atoms with E-state index in [0.717, 1.165) is 6.20 Å². The van der Waals surface area contributed by atoms with E-state index in [0.29, 0.717) is 23.5 Å². The van der Waals surface area contributed by atoms with Crippen molar-refractivity contribution in [2.24, 2.45) is 0 Å². The molecule has 10 heteroatoms. The Kier molecular flexibility index (Phi) is 4.47. The number of phenolic OH excluding ortho intramolecular Hbond substituents is 1. The fraction of sp³-hybridized carbons (Fsp3) is 0.333. The maximum atomic E-state index is 14.9. The van der Waals surface area contributed by atoms with Gasteiger partial charge >= 0.3 is 0 Å². The van der Waals surface area contributed by atoms with E-state index < -0.39 is 12.0 Å². The van der Waals surface area contributed by atoms with Crippen molar-refractivity contribution < 1.29 is 13.9 Å². The van der Waals surface area contributed by atoms with Crippen molar-refractivity contribution in [1.82, 2.24) is 30.3 Å². The number of benzene rings is 1. The Balaban J connectivity index is 1.36. The minimum atomic E-state index is -1.08. The lowest BCUT2D eigenvalue weighted by atomic mass is 9.87. The summed E-state index contributed by atoms with van der Waals surface area (Å²) in [5.74, 6) is 0.111. The summed E-state index contributed by atoms with van der Waals surface area (Å²) in [5.41, 5.74) is 0.627. The summed E-state index contributed by atoms with van der Waals surface area (Å²) in [5, 5.41) is 25.9. The summed E-state index contributed by atoms with van der Waals surface area (Å²) < 4.78 is 29.4. The molecule has 160 valence electrons. The Morgan fingerprint density at radius 3 is 2.81 bits per heavy atom. The fourth-order valence-electron chi connectivity index (χ4n) is 4.26. The number of aromatic hydroxyl groups is 1. The normalized spacial score (nSPS) is 26.9. The van der Waals surface area contributed by atoms with Crippen LogP contribution in [0.4, 0.5) is 14.6 Å². The molecule has 2 bridgehead atoms. The van der Waals surface area contributed by atoms with Gasteiger partial charge in [-0.1, -0.05) is 12.2 Å². The molecular formula is C21H21F2N7O. The molecule has 0 unspecified atom stereocenters. The Hall–Kier alpha value is -3.40. The molecule has 4 atom stereocenters. The molecule has 2 aromatic heterocycles. The quantitative estimate of drug-likeness (QED) is 0.620. The van der Waals surface area contributed by atoms with E-state index in [1.54, 1.807) is 24.1 Å². The zero-order valence-electron chi connectivity index (χ0n) is 16.9. The van der Waals surface area contributed by atoms with Gasteiger partial charge in [-0.3, -0.25) is 5.32 Å². The van der Waals surface area contributed by atoms with Gasteiger partial charge in [-0.25, -0.2) is 18.4 Å². The molecule has 0 saturated carbocycles. The first-order valence-electron chi connectivity index (χ1n) is 9.91. The minimum Gasteiger partial charge on any atom is -0.507 e. The average Bonchev–Trinajstić information content (AvgIpc) is 3.34. The number of halogens is 2. The van der Waals surface area contributed by atoms with Crippen molar-refractivity contribution in [3.05, 3.63) is 54.8 Å². The van der Waals surface area contributed by atoms with Gasteiger partial charge in [0.25, 0.3) is 0 Å².